The molecule has 0 aliphatic rings. The van der Waals surface area contributed by atoms with E-state index in [1.807, 2.05) is 0 Å². The average Bonchev–Trinajstić information content (AvgIpc) is 2.53. The van der Waals surface area contributed by atoms with Crippen molar-refractivity contribution < 1.29 is 24.6 Å². The molecule has 1 aromatic carbocycles. The molecule has 3 N–H and O–H groups in total. The molecule has 0 saturated carbocycles. The zero-order chi connectivity index (χ0) is 17.4. The van der Waals surface area contributed by atoms with Crippen molar-refractivity contribution in [2.75, 3.05) is 27.4 Å². The van der Waals surface area contributed by atoms with Gasteiger partial charge in [0.05, 0.1) is 11.6 Å². The number of hydrogen-bond acceptors (Lipinski definition) is 6. The predicted molar refractivity (Wildman–Crippen MR) is 92.5 cm³/mol. The van der Waals surface area contributed by atoms with E-state index in [1.165, 1.54) is 7.11 Å². The summed E-state index contributed by atoms with van der Waals surface area (Å²) < 4.78 is 11.0. The van der Waals surface area contributed by atoms with E-state index in [-0.39, 0.29) is 17.9 Å². The summed E-state index contributed by atoms with van der Waals surface area (Å²) in [6.45, 7) is 0.915. The van der Waals surface area contributed by atoms with Crippen LogP contribution < -0.4 is 10.1 Å². The van der Waals surface area contributed by atoms with Gasteiger partial charge in [-0.2, -0.15) is 0 Å². The molecule has 23 heavy (non-hydrogen) atoms. The molecule has 0 fully saturated rings. The van der Waals surface area contributed by atoms with Crippen LogP contribution in [0.25, 0.3) is 0 Å². The monoisotopic (exact) mass is 452 g/mol. The van der Waals surface area contributed by atoms with Gasteiger partial charge in [0, 0.05) is 32.2 Å². The number of halogens is 2. The molecule has 0 aliphatic heterocycles. The van der Waals surface area contributed by atoms with Crippen molar-refractivity contribution in [2.24, 2.45) is 5.16 Å². The van der Waals surface area contributed by atoms with Gasteiger partial charge in [-0.25, -0.2) is 0 Å². The largest absolute Gasteiger partial charge is 0.506 e. The fourth-order valence-electron chi connectivity index (χ4n) is 1.82. The fourth-order valence-corrected chi connectivity index (χ4v) is 3.36. The lowest BCUT2D eigenvalue weighted by atomic mass is 10.1. The minimum atomic E-state index is -0.508. The second kappa shape index (κ2) is 9.74. The van der Waals surface area contributed by atoms with E-state index >= 15 is 0 Å². The van der Waals surface area contributed by atoms with Gasteiger partial charge in [0.1, 0.15) is 15.9 Å². The second-order valence-electron chi connectivity index (χ2n) is 4.54. The molecule has 1 aromatic rings. The highest BCUT2D eigenvalue weighted by Crippen LogP contribution is 2.42. The fraction of sp³-hybridized carbons (Fsp3) is 0.429. The van der Waals surface area contributed by atoms with Crippen LogP contribution in [0.5, 0.6) is 11.5 Å². The van der Waals surface area contributed by atoms with Crippen LogP contribution in [0.2, 0.25) is 0 Å². The van der Waals surface area contributed by atoms with Gasteiger partial charge in [0.2, 0.25) is 0 Å². The van der Waals surface area contributed by atoms with Gasteiger partial charge in [-0.1, -0.05) is 5.16 Å². The first kappa shape index (κ1) is 19.7. The van der Waals surface area contributed by atoms with Crippen molar-refractivity contribution in [3.05, 3.63) is 20.6 Å². The summed E-state index contributed by atoms with van der Waals surface area (Å²) in [5, 5.41) is 24.9. The van der Waals surface area contributed by atoms with E-state index < -0.39 is 5.91 Å². The smallest absolute Gasteiger partial charge is 0.269 e. The van der Waals surface area contributed by atoms with Gasteiger partial charge in [-0.15, -0.1) is 0 Å². The van der Waals surface area contributed by atoms with Crippen molar-refractivity contribution in [3.63, 3.8) is 0 Å². The Hall–Kier alpha value is -1.32. The third kappa shape index (κ3) is 5.36. The number of ether oxygens (including phenoxy) is 2. The third-order valence-corrected chi connectivity index (χ3v) is 4.31. The number of carbonyl (C=O) groups is 1. The Morgan fingerprint density at radius 2 is 2.09 bits per heavy atom. The first-order valence-electron chi connectivity index (χ1n) is 6.68. The summed E-state index contributed by atoms with van der Waals surface area (Å²) >= 11 is 6.55. The zero-order valence-electron chi connectivity index (χ0n) is 12.7. The third-order valence-electron chi connectivity index (χ3n) is 2.98. The highest BCUT2D eigenvalue weighted by Gasteiger charge is 2.20. The molecule has 128 valence electrons. The van der Waals surface area contributed by atoms with Crippen molar-refractivity contribution in [3.8, 4) is 11.5 Å². The lowest BCUT2D eigenvalue weighted by molar-refractivity contribution is -0.115. The lowest BCUT2D eigenvalue weighted by Gasteiger charge is -2.13. The minimum absolute atomic E-state index is 0.0420. The minimum Gasteiger partial charge on any atom is -0.506 e. The number of phenolic OH excluding ortho intramolecular Hbond substituents is 1. The van der Waals surface area contributed by atoms with E-state index in [0.29, 0.717) is 39.8 Å². The van der Waals surface area contributed by atoms with Crippen LogP contribution in [-0.2, 0) is 16.0 Å². The van der Waals surface area contributed by atoms with Gasteiger partial charge in [-0.05, 0) is 44.3 Å². The molecule has 7 nitrogen and oxygen atoms in total. The van der Waals surface area contributed by atoms with Crippen LogP contribution in [0.1, 0.15) is 12.0 Å². The Balaban J connectivity index is 2.86. The molecule has 0 saturated heterocycles. The van der Waals surface area contributed by atoms with Crippen LogP contribution in [0.3, 0.4) is 0 Å². The number of carbonyl (C=O) groups excluding carboxylic acids is 1. The molecule has 0 bridgehead atoms. The van der Waals surface area contributed by atoms with E-state index in [9.17, 15) is 9.90 Å². The standard InChI is InChI=1S/C14H18Br2N2O5/c1-22-5-3-4-17-14(20)10(18-21)7-8-6-9(15)13(23-2)11(16)12(8)19/h6,19,21H,3-5,7H2,1-2H3,(H,17,20)/b18-10+. The number of aromatic hydroxyl groups is 1. The summed E-state index contributed by atoms with van der Waals surface area (Å²) in [6.07, 6.45) is 0.603. The number of methoxy groups -OCH3 is 2. The van der Waals surface area contributed by atoms with E-state index in [2.05, 4.69) is 42.3 Å². The normalized spacial score (nSPS) is 11.4. The SMILES string of the molecule is COCCCNC(=O)/C(Cc1cc(Br)c(OC)c(Br)c1O)=N/O. The topological polar surface area (TPSA) is 100 Å². The number of oxime groups is 1. The number of benzene rings is 1. The van der Waals surface area contributed by atoms with Gasteiger partial charge < -0.3 is 25.1 Å². The van der Waals surface area contributed by atoms with Gasteiger partial charge >= 0.3 is 0 Å². The predicted octanol–water partition coefficient (Wildman–Crippen LogP) is 2.45. The maximum Gasteiger partial charge on any atom is 0.269 e. The highest BCUT2D eigenvalue weighted by atomic mass is 79.9. The van der Waals surface area contributed by atoms with E-state index in [0.717, 1.165) is 0 Å². The Morgan fingerprint density at radius 3 is 2.65 bits per heavy atom. The first-order chi connectivity index (χ1) is 11.0. The summed E-state index contributed by atoms with van der Waals surface area (Å²) in [5.41, 5.74) is 0.297. The molecular formula is C14H18Br2N2O5. The van der Waals surface area contributed by atoms with Crippen LogP contribution in [0, 0.1) is 0 Å². The van der Waals surface area contributed by atoms with E-state index in [4.69, 9.17) is 14.7 Å². The maximum absolute atomic E-state index is 12.0. The number of phenols is 1. The molecule has 1 rings (SSSR count). The Bertz CT molecular complexity index is 593. The van der Waals surface area contributed by atoms with Crippen LogP contribution in [0.15, 0.2) is 20.2 Å². The highest BCUT2D eigenvalue weighted by molar-refractivity contribution is 9.11. The van der Waals surface area contributed by atoms with Crippen molar-refractivity contribution in [1.82, 2.24) is 5.32 Å². The Labute approximate surface area is 150 Å². The van der Waals surface area contributed by atoms with Crippen molar-refractivity contribution in [2.45, 2.75) is 12.8 Å². The summed E-state index contributed by atoms with van der Waals surface area (Å²) in [5.74, 6) is -0.165. The van der Waals surface area contributed by atoms with Crippen molar-refractivity contribution >= 4 is 43.5 Å². The second-order valence-corrected chi connectivity index (χ2v) is 6.19. The molecule has 9 heteroatoms. The number of nitrogens with one attached hydrogen (secondary N) is 1. The van der Waals surface area contributed by atoms with Crippen LogP contribution in [-0.4, -0.2) is 49.3 Å². The summed E-state index contributed by atoms with van der Waals surface area (Å²) in [4.78, 5) is 12.0. The van der Waals surface area contributed by atoms with Crippen LogP contribution >= 0.6 is 31.9 Å². The van der Waals surface area contributed by atoms with E-state index in [1.54, 1.807) is 13.2 Å². The van der Waals surface area contributed by atoms with Crippen molar-refractivity contribution in [1.29, 1.82) is 0 Å². The molecule has 0 radical (unpaired) electrons. The molecular weight excluding hydrogens is 436 g/mol. The molecule has 0 unspecified atom stereocenters. The molecule has 0 aromatic heterocycles. The zero-order valence-corrected chi connectivity index (χ0v) is 15.9. The summed E-state index contributed by atoms with van der Waals surface area (Å²) in [7, 11) is 3.04. The maximum atomic E-state index is 12.0. The quantitative estimate of drug-likeness (QED) is 0.243. The van der Waals surface area contributed by atoms with Crippen LogP contribution in [0.4, 0.5) is 0 Å². The Morgan fingerprint density at radius 1 is 1.39 bits per heavy atom. The van der Waals surface area contributed by atoms with Gasteiger partial charge in [0.15, 0.2) is 5.75 Å². The average molecular weight is 454 g/mol. The molecule has 0 aliphatic carbocycles. The van der Waals surface area contributed by atoms with Gasteiger partial charge in [-0.3, -0.25) is 4.79 Å². The first-order valence-corrected chi connectivity index (χ1v) is 8.26. The molecule has 0 atom stereocenters. The van der Waals surface area contributed by atoms with Gasteiger partial charge in [0.25, 0.3) is 5.91 Å². The lowest BCUT2D eigenvalue weighted by Crippen LogP contribution is -2.33. The Kier molecular flexibility index (Phi) is 8.35. The molecule has 0 spiro atoms. The number of nitrogens with zero attached hydrogens (tertiary/aromatic N) is 1. The molecule has 0 heterocycles. The molecule has 1 amide bonds. The number of rotatable bonds is 8. The summed E-state index contributed by atoms with van der Waals surface area (Å²) in [6, 6.07) is 1.60. The number of hydrogen-bond donors (Lipinski definition) is 3. The number of amides is 1.